The molecule has 2 N–H and O–H groups in total. The molecule has 5 nitrogen and oxygen atoms in total. The maximum Gasteiger partial charge on any atom is 0.253 e. The Kier molecular flexibility index (Phi) is 6.63. The van der Waals surface area contributed by atoms with Gasteiger partial charge in [0.1, 0.15) is 6.04 Å². The van der Waals surface area contributed by atoms with E-state index in [2.05, 4.69) is 10.6 Å². The fourth-order valence-electron chi connectivity index (χ4n) is 2.99. The van der Waals surface area contributed by atoms with E-state index in [0.717, 1.165) is 19.4 Å². The molecule has 1 fully saturated rings. The van der Waals surface area contributed by atoms with Crippen LogP contribution in [0.1, 0.15) is 37.0 Å². The fourth-order valence-corrected chi connectivity index (χ4v) is 3.21. The molecular formula is C18H26ClN3O2. The Hall–Kier alpha value is -1.59. The Morgan fingerprint density at radius 2 is 2.00 bits per heavy atom. The number of hydrogen-bond acceptors (Lipinski definition) is 3. The van der Waals surface area contributed by atoms with E-state index in [9.17, 15) is 9.59 Å². The number of likely N-dealkylation sites (tertiary alicyclic amines) is 1. The largest absolute Gasteiger partial charge is 0.340 e. The lowest BCUT2D eigenvalue weighted by Gasteiger charge is -2.36. The van der Waals surface area contributed by atoms with Crippen LogP contribution in [0.25, 0.3) is 0 Å². The molecule has 2 rings (SSSR count). The molecule has 0 bridgehead atoms. The summed E-state index contributed by atoms with van der Waals surface area (Å²) < 4.78 is 0. The van der Waals surface area contributed by atoms with E-state index in [0.29, 0.717) is 23.2 Å². The van der Waals surface area contributed by atoms with Crippen LogP contribution in [0.3, 0.4) is 0 Å². The number of rotatable bonds is 5. The van der Waals surface area contributed by atoms with E-state index in [-0.39, 0.29) is 17.7 Å². The molecule has 1 heterocycles. The Labute approximate surface area is 148 Å². The van der Waals surface area contributed by atoms with Gasteiger partial charge in [0, 0.05) is 19.1 Å². The maximum atomic E-state index is 12.9. The van der Waals surface area contributed by atoms with Crippen molar-refractivity contribution in [2.75, 3.05) is 20.1 Å². The summed E-state index contributed by atoms with van der Waals surface area (Å²) in [6, 6.07) is 6.63. The molecule has 24 heavy (non-hydrogen) atoms. The van der Waals surface area contributed by atoms with Crippen molar-refractivity contribution in [3.05, 3.63) is 34.9 Å². The number of nitrogens with one attached hydrogen (secondary N) is 2. The molecule has 2 atom stereocenters. The minimum absolute atomic E-state index is 0.00102. The van der Waals surface area contributed by atoms with E-state index in [1.54, 1.807) is 24.3 Å². The fraction of sp³-hybridized carbons (Fsp3) is 0.556. The number of halogens is 1. The summed E-state index contributed by atoms with van der Waals surface area (Å²) in [5.41, 5.74) is 0.393. The first-order valence-corrected chi connectivity index (χ1v) is 8.83. The van der Waals surface area contributed by atoms with Gasteiger partial charge < -0.3 is 15.5 Å². The third kappa shape index (κ3) is 4.48. The molecule has 0 aromatic heterocycles. The second-order valence-corrected chi connectivity index (χ2v) is 6.99. The van der Waals surface area contributed by atoms with Crippen LogP contribution in [0.4, 0.5) is 0 Å². The monoisotopic (exact) mass is 351 g/mol. The minimum Gasteiger partial charge on any atom is -0.340 e. The average Bonchev–Trinajstić information content (AvgIpc) is 2.59. The summed E-state index contributed by atoms with van der Waals surface area (Å²) in [7, 11) is 1.91. The standard InChI is InChI=1S/C18H26ClN3O2/c1-12(2)16(18(24)22-10-6-7-13(11-22)20-3)21-17(23)14-8-4-5-9-15(14)19/h4-5,8-9,12-13,16,20H,6-7,10-11H2,1-3H3,(H,21,23). The summed E-state index contributed by atoms with van der Waals surface area (Å²) in [6.45, 7) is 5.30. The zero-order chi connectivity index (χ0) is 17.7. The smallest absolute Gasteiger partial charge is 0.253 e. The number of benzene rings is 1. The molecule has 0 radical (unpaired) electrons. The number of hydrogen-bond donors (Lipinski definition) is 2. The first-order chi connectivity index (χ1) is 11.4. The van der Waals surface area contributed by atoms with Gasteiger partial charge in [-0.2, -0.15) is 0 Å². The maximum absolute atomic E-state index is 12.9. The molecule has 1 aromatic carbocycles. The minimum atomic E-state index is -0.552. The summed E-state index contributed by atoms with van der Waals surface area (Å²) in [5, 5.41) is 6.49. The van der Waals surface area contributed by atoms with Crippen LogP contribution in [0.2, 0.25) is 5.02 Å². The van der Waals surface area contributed by atoms with Crippen molar-refractivity contribution in [3.63, 3.8) is 0 Å². The summed E-state index contributed by atoms with van der Waals surface area (Å²) in [4.78, 5) is 27.3. The molecular weight excluding hydrogens is 326 g/mol. The number of piperidine rings is 1. The SMILES string of the molecule is CNC1CCCN(C(=O)C(NC(=O)c2ccccc2Cl)C(C)C)C1. The summed E-state index contributed by atoms with van der Waals surface area (Å²) in [6.07, 6.45) is 2.04. The van der Waals surface area contributed by atoms with Crippen LogP contribution in [-0.2, 0) is 4.79 Å². The van der Waals surface area contributed by atoms with Crippen molar-refractivity contribution in [2.45, 2.75) is 38.8 Å². The first kappa shape index (κ1) is 18.7. The lowest BCUT2D eigenvalue weighted by molar-refractivity contribution is -0.135. The average molecular weight is 352 g/mol. The highest BCUT2D eigenvalue weighted by molar-refractivity contribution is 6.33. The lowest BCUT2D eigenvalue weighted by Crippen LogP contribution is -2.55. The van der Waals surface area contributed by atoms with Crippen molar-refractivity contribution in [1.82, 2.24) is 15.5 Å². The molecule has 2 unspecified atom stereocenters. The van der Waals surface area contributed by atoms with Gasteiger partial charge >= 0.3 is 0 Å². The van der Waals surface area contributed by atoms with Crippen molar-refractivity contribution < 1.29 is 9.59 Å². The Morgan fingerprint density at radius 3 is 2.62 bits per heavy atom. The number of nitrogens with zero attached hydrogens (tertiary/aromatic N) is 1. The predicted octanol–water partition coefficient (Wildman–Crippen LogP) is 2.30. The van der Waals surface area contributed by atoms with Crippen LogP contribution in [0.15, 0.2) is 24.3 Å². The van der Waals surface area contributed by atoms with Gasteiger partial charge in [-0.3, -0.25) is 9.59 Å². The molecule has 1 aliphatic heterocycles. The van der Waals surface area contributed by atoms with Gasteiger partial charge in [-0.25, -0.2) is 0 Å². The highest BCUT2D eigenvalue weighted by atomic mass is 35.5. The van der Waals surface area contributed by atoms with Gasteiger partial charge in [-0.05, 0) is 37.9 Å². The van der Waals surface area contributed by atoms with Crippen LogP contribution in [0.5, 0.6) is 0 Å². The van der Waals surface area contributed by atoms with Crippen LogP contribution in [-0.4, -0.2) is 48.9 Å². The number of carbonyl (C=O) groups excluding carboxylic acids is 2. The predicted molar refractivity (Wildman–Crippen MR) is 96.2 cm³/mol. The normalized spacial score (nSPS) is 19.2. The van der Waals surface area contributed by atoms with Gasteiger partial charge in [0.25, 0.3) is 5.91 Å². The third-order valence-corrected chi connectivity index (χ3v) is 4.81. The molecule has 132 valence electrons. The second kappa shape index (κ2) is 8.49. The highest BCUT2D eigenvalue weighted by Crippen LogP contribution is 2.17. The van der Waals surface area contributed by atoms with Gasteiger partial charge in [0.05, 0.1) is 10.6 Å². The molecule has 1 aromatic rings. The molecule has 6 heteroatoms. The third-order valence-electron chi connectivity index (χ3n) is 4.48. The number of likely N-dealkylation sites (N-methyl/N-ethyl adjacent to an activating group) is 1. The van der Waals surface area contributed by atoms with Crippen LogP contribution in [0, 0.1) is 5.92 Å². The van der Waals surface area contributed by atoms with E-state index in [1.165, 1.54) is 0 Å². The first-order valence-electron chi connectivity index (χ1n) is 8.45. The van der Waals surface area contributed by atoms with Crippen molar-refractivity contribution in [1.29, 1.82) is 0 Å². The van der Waals surface area contributed by atoms with Gasteiger partial charge in [-0.15, -0.1) is 0 Å². The van der Waals surface area contributed by atoms with E-state index in [4.69, 9.17) is 11.6 Å². The lowest BCUT2D eigenvalue weighted by atomic mass is 9.99. The number of amides is 2. The van der Waals surface area contributed by atoms with E-state index in [1.807, 2.05) is 25.8 Å². The quantitative estimate of drug-likeness (QED) is 0.855. The van der Waals surface area contributed by atoms with Gasteiger partial charge in [0.15, 0.2) is 0 Å². The van der Waals surface area contributed by atoms with Crippen molar-refractivity contribution >= 4 is 23.4 Å². The molecule has 0 saturated carbocycles. The van der Waals surface area contributed by atoms with Crippen LogP contribution >= 0.6 is 11.6 Å². The molecule has 0 aliphatic carbocycles. The molecule has 2 amide bonds. The van der Waals surface area contributed by atoms with Gasteiger partial charge in [0.2, 0.25) is 5.91 Å². The molecule has 1 saturated heterocycles. The Balaban J connectivity index is 2.10. The zero-order valence-corrected chi connectivity index (χ0v) is 15.3. The molecule has 1 aliphatic rings. The van der Waals surface area contributed by atoms with Crippen molar-refractivity contribution in [2.24, 2.45) is 5.92 Å². The van der Waals surface area contributed by atoms with E-state index < -0.39 is 6.04 Å². The van der Waals surface area contributed by atoms with Gasteiger partial charge in [-0.1, -0.05) is 37.6 Å². The summed E-state index contributed by atoms with van der Waals surface area (Å²) in [5.74, 6) is -0.334. The number of carbonyl (C=O) groups is 2. The van der Waals surface area contributed by atoms with Crippen LogP contribution < -0.4 is 10.6 Å². The zero-order valence-electron chi connectivity index (χ0n) is 14.5. The highest BCUT2D eigenvalue weighted by Gasteiger charge is 2.31. The summed E-state index contributed by atoms with van der Waals surface area (Å²) >= 11 is 6.08. The Morgan fingerprint density at radius 1 is 1.29 bits per heavy atom. The second-order valence-electron chi connectivity index (χ2n) is 6.59. The Bertz CT molecular complexity index is 591. The van der Waals surface area contributed by atoms with Crippen molar-refractivity contribution in [3.8, 4) is 0 Å². The topological polar surface area (TPSA) is 61.4 Å². The van der Waals surface area contributed by atoms with E-state index >= 15 is 0 Å². The molecule has 0 spiro atoms.